The number of aromatic hydroxyl groups is 1. The van der Waals surface area contributed by atoms with Gasteiger partial charge in [-0.2, -0.15) is 0 Å². The maximum Gasteiger partial charge on any atom is 0.329 e. The summed E-state index contributed by atoms with van der Waals surface area (Å²) in [6.07, 6.45) is 9.99. The maximum atomic E-state index is 13.8. The van der Waals surface area contributed by atoms with Gasteiger partial charge in [-0.1, -0.05) is 37.1 Å². The van der Waals surface area contributed by atoms with Gasteiger partial charge in [-0.15, -0.1) is 0 Å². The zero-order valence-corrected chi connectivity index (χ0v) is 22.1. The lowest BCUT2D eigenvalue weighted by Crippen LogP contribution is -2.47. The molecule has 0 aromatic heterocycles. The minimum atomic E-state index is -0.0364. The van der Waals surface area contributed by atoms with E-state index in [1.165, 1.54) is 25.7 Å². The van der Waals surface area contributed by atoms with E-state index in [0.29, 0.717) is 29.3 Å². The molecule has 1 N–H and O–H groups in total. The first-order valence-corrected chi connectivity index (χ1v) is 14.2. The second kappa shape index (κ2) is 11.6. The van der Waals surface area contributed by atoms with Gasteiger partial charge in [-0.05, 0) is 87.0 Å². The first kappa shape index (κ1) is 25.6. The number of phenolic OH excluding ortho intramolecular Hbond substituents is 1. The van der Waals surface area contributed by atoms with E-state index in [1.54, 1.807) is 23.1 Å². The van der Waals surface area contributed by atoms with Gasteiger partial charge >= 0.3 is 6.03 Å². The van der Waals surface area contributed by atoms with Crippen LogP contribution in [-0.4, -0.2) is 53.0 Å². The number of aryl methyl sites for hydroxylation is 1. The third-order valence-electron chi connectivity index (χ3n) is 8.94. The summed E-state index contributed by atoms with van der Waals surface area (Å²) in [7, 11) is 0. The van der Waals surface area contributed by atoms with E-state index < -0.39 is 0 Å². The summed E-state index contributed by atoms with van der Waals surface area (Å²) < 4.78 is 0. The molecule has 3 amide bonds. The number of anilines is 2. The highest BCUT2D eigenvalue weighted by Gasteiger charge is 2.34. The Balaban J connectivity index is 1.18. The zero-order chi connectivity index (χ0) is 25.8. The van der Waals surface area contributed by atoms with Crippen LogP contribution in [0.4, 0.5) is 16.2 Å². The van der Waals surface area contributed by atoms with Crippen LogP contribution in [0, 0.1) is 24.7 Å². The van der Waals surface area contributed by atoms with Crippen molar-refractivity contribution in [3.63, 3.8) is 0 Å². The molecule has 6 heteroatoms. The number of para-hydroxylation sites is 1. The minimum Gasteiger partial charge on any atom is -0.508 e. The number of phenols is 1. The Hall–Kier alpha value is -3.02. The lowest BCUT2D eigenvalue weighted by Gasteiger charge is -2.41. The summed E-state index contributed by atoms with van der Waals surface area (Å²) >= 11 is 0. The minimum absolute atomic E-state index is 0.0364. The third kappa shape index (κ3) is 5.94. The zero-order valence-electron chi connectivity index (χ0n) is 22.1. The van der Waals surface area contributed by atoms with Crippen molar-refractivity contribution in [3.05, 3.63) is 54.1 Å². The Labute approximate surface area is 221 Å². The average molecular weight is 504 g/mol. The van der Waals surface area contributed by atoms with Gasteiger partial charge in [-0.25, -0.2) is 4.79 Å². The fourth-order valence-electron chi connectivity index (χ4n) is 6.71. The molecule has 0 bridgehead atoms. The van der Waals surface area contributed by atoms with E-state index in [0.717, 1.165) is 69.5 Å². The molecule has 0 atom stereocenters. The van der Waals surface area contributed by atoms with Gasteiger partial charge < -0.3 is 14.9 Å². The number of amides is 3. The summed E-state index contributed by atoms with van der Waals surface area (Å²) in [5.41, 5.74) is 2.54. The van der Waals surface area contributed by atoms with Gasteiger partial charge in [0, 0.05) is 38.7 Å². The topological polar surface area (TPSA) is 64.1 Å². The van der Waals surface area contributed by atoms with Crippen molar-refractivity contribution < 1.29 is 14.7 Å². The molecule has 5 rings (SSSR count). The number of benzene rings is 2. The Morgan fingerprint density at radius 1 is 0.838 bits per heavy atom. The molecule has 2 saturated heterocycles. The Morgan fingerprint density at radius 2 is 1.46 bits per heavy atom. The van der Waals surface area contributed by atoms with Gasteiger partial charge in [-0.3, -0.25) is 9.69 Å². The number of rotatable bonds is 5. The highest BCUT2D eigenvalue weighted by Crippen LogP contribution is 2.36. The van der Waals surface area contributed by atoms with Crippen molar-refractivity contribution >= 4 is 23.3 Å². The smallest absolute Gasteiger partial charge is 0.329 e. The molecule has 0 spiro atoms. The normalized spacial score (nSPS) is 19.8. The van der Waals surface area contributed by atoms with Crippen LogP contribution in [0.1, 0.15) is 63.4 Å². The summed E-state index contributed by atoms with van der Waals surface area (Å²) in [6, 6.07) is 14.8. The number of urea groups is 1. The van der Waals surface area contributed by atoms with E-state index in [9.17, 15) is 14.7 Å². The fraction of sp³-hybridized carbons (Fsp3) is 0.548. The van der Waals surface area contributed by atoms with Crippen LogP contribution in [0.3, 0.4) is 0 Å². The quantitative estimate of drug-likeness (QED) is 0.507. The largest absolute Gasteiger partial charge is 0.508 e. The first-order valence-electron chi connectivity index (χ1n) is 14.2. The Morgan fingerprint density at radius 3 is 2.08 bits per heavy atom. The first-order chi connectivity index (χ1) is 18.0. The van der Waals surface area contributed by atoms with Crippen LogP contribution < -0.4 is 4.90 Å². The molecule has 0 unspecified atom stereocenters. The molecule has 1 saturated carbocycles. The standard InChI is InChI=1S/C31H41N3O3/c1-23-7-2-5-12-29(23)34(27-10-6-11-28(35)22-27)31(37)33-19-15-26(16-20-33)25-13-17-32(18-14-25)30(36)21-24-8-3-4-9-24/h2,5-7,10-12,22,24-26,35H,3-4,8-9,13-21H2,1H3. The van der Waals surface area contributed by atoms with Crippen molar-refractivity contribution in [1.29, 1.82) is 0 Å². The molecule has 0 radical (unpaired) electrons. The van der Waals surface area contributed by atoms with Crippen molar-refractivity contribution in [2.75, 3.05) is 31.1 Å². The van der Waals surface area contributed by atoms with Crippen LogP contribution in [0.15, 0.2) is 48.5 Å². The van der Waals surface area contributed by atoms with Crippen LogP contribution in [0.25, 0.3) is 0 Å². The molecule has 2 aromatic rings. The second-order valence-corrected chi connectivity index (χ2v) is 11.3. The van der Waals surface area contributed by atoms with Crippen LogP contribution in [0.5, 0.6) is 5.75 Å². The van der Waals surface area contributed by atoms with Gasteiger partial charge in [0.05, 0.1) is 11.4 Å². The van der Waals surface area contributed by atoms with Crippen LogP contribution in [-0.2, 0) is 4.79 Å². The SMILES string of the molecule is Cc1ccccc1N(C(=O)N1CCC(C2CCN(C(=O)CC3CCCC3)CC2)CC1)c1cccc(O)c1. The summed E-state index contributed by atoms with van der Waals surface area (Å²) in [4.78, 5) is 32.4. The molecule has 3 fully saturated rings. The number of carbonyl (C=O) groups is 2. The molecule has 3 aliphatic rings. The number of likely N-dealkylation sites (tertiary alicyclic amines) is 2. The Bertz CT molecular complexity index is 1080. The summed E-state index contributed by atoms with van der Waals surface area (Å²) in [5.74, 6) is 2.39. The predicted octanol–water partition coefficient (Wildman–Crippen LogP) is 6.49. The Kier molecular flexibility index (Phi) is 8.02. The van der Waals surface area contributed by atoms with E-state index in [1.807, 2.05) is 42.2 Å². The van der Waals surface area contributed by atoms with E-state index >= 15 is 0 Å². The fourth-order valence-corrected chi connectivity index (χ4v) is 6.71. The predicted molar refractivity (Wildman–Crippen MR) is 147 cm³/mol. The van der Waals surface area contributed by atoms with Crippen molar-refractivity contribution in [3.8, 4) is 5.75 Å². The van der Waals surface area contributed by atoms with Gasteiger partial charge in [0.2, 0.25) is 5.91 Å². The third-order valence-corrected chi connectivity index (χ3v) is 8.94. The molecule has 2 aliphatic heterocycles. The van der Waals surface area contributed by atoms with Crippen LogP contribution in [0.2, 0.25) is 0 Å². The number of carbonyl (C=O) groups excluding carboxylic acids is 2. The maximum absolute atomic E-state index is 13.8. The highest BCUT2D eigenvalue weighted by molar-refractivity contribution is 6.00. The molecular formula is C31H41N3O3. The van der Waals surface area contributed by atoms with Crippen molar-refractivity contribution in [2.45, 2.75) is 64.7 Å². The van der Waals surface area contributed by atoms with E-state index in [-0.39, 0.29) is 11.8 Å². The van der Waals surface area contributed by atoms with E-state index in [4.69, 9.17) is 0 Å². The molecule has 198 valence electrons. The molecule has 2 heterocycles. The molecule has 2 aromatic carbocycles. The molecule has 37 heavy (non-hydrogen) atoms. The van der Waals surface area contributed by atoms with Gasteiger partial charge in [0.25, 0.3) is 0 Å². The molecular weight excluding hydrogens is 462 g/mol. The van der Waals surface area contributed by atoms with Gasteiger partial charge in [0.1, 0.15) is 5.75 Å². The number of hydrogen-bond donors (Lipinski definition) is 1. The van der Waals surface area contributed by atoms with Gasteiger partial charge in [0.15, 0.2) is 0 Å². The highest BCUT2D eigenvalue weighted by atomic mass is 16.3. The lowest BCUT2D eigenvalue weighted by molar-refractivity contribution is -0.133. The van der Waals surface area contributed by atoms with E-state index in [2.05, 4.69) is 4.90 Å². The molecule has 1 aliphatic carbocycles. The monoisotopic (exact) mass is 503 g/mol. The second-order valence-electron chi connectivity index (χ2n) is 11.3. The van der Waals surface area contributed by atoms with Crippen molar-refractivity contribution in [2.24, 2.45) is 17.8 Å². The van der Waals surface area contributed by atoms with Crippen LogP contribution >= 0.6 is 0 Å². The van der Waals surface area contributed by atoms with Crippen molar-refractivity contribution in [1.82, 2.24) is 9.80 Å². The lowest BCUT2D eigenvalue weighted by atomic mass is 9.78. The number of nitrogens with zero attached hydrogens (tertiary/aromatic N) is 3. The molecule has 6 nitrogen and oxygen atoms in total. The summed E-state index contributed by atoms with van der Waals surface area (Å²) in [6.45, 7) is 5.29. The number of hydrogen-bond acceptors (Lipinski definition) is 3. The number of piperidine rings is 2. The summed E-state index contributed by atoms with van der Waals surface area (Å²) in [5, 5.41) is 10.1. The average Bonchev–Trinajstić information content (AvgIpc) is 3.43.